The minimum Gasteiger partial charge on any atom is -0.348 e. The topological polar surface area (TPSA) is 121 Å². The maximum Gasteiger partial charge on any atom is 0.295 e. The Balaban J connectivity index is 1.48. The molecule has 0 aliphatic carbocycles. The molecular weight excluding hydrogens is 374 g/mol. The summed E-state index contributed by atoms with van der Waals surface area (Å²) in [6.45, 7) is 0.240. The largest absolute Gasteiger partial charge is 0.348 e. The SMILES string of the molecule is O=C(NCc1cnn(-c2ccccc2)c1)c1ccc(-n2cncn2)c([N+](=O)[O-])c1. The Morgan fingerprint density at radius 3 is 2.66 bits per heavy atom. The number of benzene rings is 2. The van der Waals surface area contributed by atoms with Crippen LogP contribution in [0, 0.1) is 10.1 Å². The van der Waals surface area contributed by atoms with Crippen LogP contribution in [-0.2, 0) is 6.54 Å². The van der Waals surface area contributed by atoms with Crippen LogP contribution in [-0.4, -0.2) is 35.4 Å². The molecule has 0 saturated carbocycles. The lowest BCUT2D eigenvalue weighted by atomic mass is 10.1. The fourth-order valence-electron chi connectivity index (χ4n) is 2.79. The number of aromatic nitrogens is 5. The van der Waals surface area contributed by atoms with Crippen molar-refractivity contribution in [2.75, 3.05) is 0 Å². The molecule has 0 saturated heterocycles. The highest BCUT2D eigenvalue weighted by Crippen LogP contribution is 2.23. The summed E-state index contributed by atoms with van der Waals surface area (Å²) >= 11 is 0. The number of para-hydroxylation sites is 1. The van der Waals surface area contributed by atoms with E-state index in [9.17, 15) is 14.9 Å². The van der Waals surface area contributed by atoms with Gasteiger partial charge in [0.1, 0.15) is 18.3 Å². The second-order valence-electron chi connectivity index (χ2n) is 6.11. The molecule has 4 aromatic rings. The average molecular weight is 389 g/mol. The molecule has 144 valence electrons. The third-order valence-corrected chi connectivity index (χ3v) is 4.21. The van der Waals surface area contributed by atoms with Gasteiger partial charge in [-0.1, -0.05) is 18.2 Å². The van der Waals surface area contributed by atoms with Gasteiger partial charge in [0.25, 0.3) is 11.6 Å². The fourth-order valence-corrected chi connectivity index (χ4v) is 2.79. The van der Waals surface area contributed by atoms with Gasteiger partial charge in [-0.05, 0) is 24.3 Å². The summed E-state index contributed by atoms with van der Waals surface area (Å²) in [4.78, 5) is 27.1. The molecule has 2 aromatic heterocycles. The first kappa shape index (κ1) is 18.0. The molecule has 0 aliphatic heterocycles. The predicted octanol–water partition coefficient (Wildman–Crippen LogP) is 2.29. The van der Waals surface area contributed by atoms with Gasteiger partial charge in [-0.2, -0.15) is 10.2 Å². The van der Waals surface area contributed by atoms with Crippen molar-refractivity contribution in [3.8, 4) is 11.4 Å². The molecule has 0 spiro atoms. The molecule has 2 aromatic carbocycles. The van der Waals surface area contributed by atoms with E-state index in [4.69, 9.17) is 0 Å². The van der Waals surface area contributed by atoms with Crippen LogP contribution < -0.4 is 5.32 Å². The van der Waals surface area contributed by atoms with E-state index >= 15 is 0 Å². The third kappa shape index (κ3) is 3.86. The molecule has 0 fully saturated rings. The van der Waals surface area contributed by atoms with Crippen LogP contribution in [0.15, 0.2) is 73.6 Å². The molecule has 0 radical (unpaired) electrons. The standard InChI is InChI=1S/C19H15N7O3/c27-19(21-9-14-10-22-24(11-14)16-4-2-1-3-5-16)15-6-7-17(18(8-15)26(28)29)25-13-20-12-23-25/h1-8,10-13H,9H2,(H,21,27). The molecule has 0 unspecified atom stereocenters. The molecule has 29 heavy (non-hydrogen) atoms. The van der Waals surface area contributed by atoms with Gasteiger partial charge in [0.15, 0.2) is 0 Å². The maximum atomic E-state index is 12.5. The molecular formula is C19H15N7O3. The third-order valence-electron chi connectivity index (χ3n) is 4.21. The van der Waals surface area contributed by atoms with E-state index in [2.05, 4.69) is 20.5 Å². The van der Waals surface area contributed by atoms with E-state index in [1.807, 2.05) is 36.5 Å². The van der Waals surface area contributed by atoms with E-state index in [0.717, 1.165) is 11.3 Å². The highest BCUT2D eigenvalue weighted by atomic mass is 16.6. The Morgan fingerprint density at radius 2 is 1.93 bits per heavy atom. The van der Waals surface area contributed by atoms with Crippen LogP contribution in [0.25, 0.3) is 11.4 Å². The van der Waals surface area contributed by atoms with Gasteiger partial charge < -0.3 is 5.32 Å². The van der Waals surface area contributed by atoms with E-state index in [1.165, 1.54) is 35.5 Å². The van der Waals surface area contributed by atoms with Crippen molar-refractivity contribution in [2.45, 2.75) is 6.54 Å². The molecule has 2 heterocycles. The van der Waals surface area contributed by atoms with Gasteiger partial charge >= 0.3 is 0 Å². The second-order valence-corrected chi connectivity index (χ2v) is 6.11. The first-order valence-electron chi connectivity index (χ1n) is 8.62. The van der Waals surface area contributed by atoms with Gasteiger partial charge in [-0.25, -0.2) is 14.3 Å². The Bertz CT molecular complexity index is 1150. The van der Waals surface area contributed by atoms with E-state index in [-0.39, 0.29) is 23.5 Å². The fraction of sp³-hybridized carbons (Fsp3) is 0.0526. The second kappa shape index (κ2) is 7.72. The zero-order chi connectivity index (χ0) is 20.2. The lowest BCUT2D eigenvalue weighted by Gasteiger charge is -2.06. The van der Waals surface area contributed by atoms with Crippen molar-refractivity contribution >= 4 is 11.6 Å². The van der Waals surface area contributed by atoms with E-state index in [0.29, 0.717) is 0 Å². The lowest BCUT2D eigenvalue weighted by Crippen LogP contribution is -2.22. The van der Waals surface area contributed by atoms with Crippen LogP contribution in [0.1, 0.15) is 15.9 Å². The smallest absolute Gasteiger partial charge is 0.295 e. The minimum absolute atomic E-state index is 0.177. The molecule has 0 atom stereocenters. The Morgan fingerprint density at radius 1 is 1.10 bits per heavy atom. The number of hydrogen-bond acceptors (Lipinski definition) is 6. The monoisotopic (exact) mass is 389 g/mol. The van der Waals surface area contributed by atoms with Gasteiger partial charge in [-0.3, -0.25) is 14.9 Å². The number of nitro groups is 1. The molecule has 1 N–H and O–H groups in total. The molecule has 0 bridgehead atoms. The Hall–Kier alpha value is -4.34. The number of carbonyl (C=O) groups excluding carboxylic acids is 1. The van der Waals surface area contributed by atoms with Gasteiger partial charge in [0.2, 0.25) is 0 Å². The number of nitro benzene ring substituents is 1. The van der Waals surface area contributed by atoms with Gasteiger partial charge in [0.05, 0.1) is 16.8 Å². The zero-order valence-electron chi connectivity index (χ0n) is 15.0. The number of hydrogen-bond donors (Lipinski definition) is 1. The highest BCUT2D eigenvalue weighted by Gasteiger charge is 2.19. The van der Waals surface area contributed by atoms with Crippen LogP contribution in [0.4, 0.5) is 5.69 Å². The molecule has 4 rings (SSSR count). The summed E-state index contributed by atoms with van der Waals surface area (Å²) in [5, 5.41) is 22.3. The first-order chi connectivity index (χ1) is 14.1. The quantitative estimate of drug-likeness (QED) is 0.399. The Kier molecular flexibility index (Phi) is 4.81. The highest BCUT2D eigenvalue weighted by molar-refractivity contribution is 5.95. The van der Waals surface area contributed by atoms with Crippen LogP contribution in [0.2, 0.25) is 0 Å². The summed E-state index contributed by atoms with van der Waals surface area (Å²) < 4.78 is 2.98. The van der Waals surface area contributed by atoms with Crippen LogP contribution in [0.5, 0.6) is 0 Å². The van der Waals surface area contributed by atoms with Crippen molar-refractivity contribution in [2.24, 2.45) is 0 Å². The first-order valence-corrected chi connectivity index (χ1v) is 8.62. The predicted molar refractivity (Wildman–Crippen MR) is 103 cm³/mol. The van der Waals surface area contributed by atoms with Gasteiger partial charge in [0, 0.05) is 29.9 Å². The summed E-state index contributed by atoms with van der Waals surface area (Å²) in [7, 11) is 0. The number of rotatable bonds is 6. The van der Waals surface area contributed by atoms with Crippen molar-refractivity contribution < 1.29 is 9.72 Å². The summed E-state index contributed by atoms with van der Waals surface area (Å²) in [6, 6.07) is 13.8. The number of carbonyl (C=O) groups is 1. The number of amides is 1. The van der Waals surface area contributed by atoms with Crippen LogP contribution >= 0.6 is 0 Å². The summed E-state index contributed by atoms with van der Waals surface area (Å²) in [5.74, 6) is -0.425. The normalized spacial score (nSPS) is 10.6. The van der Waals surface area contributed by atoms with Crippen molar-refractivity contribution in [1.29, 1.82) is 0 Å². The van der Waals surface area contributed by atoms with E-state index < -0.39 is 10.8 Å². The van der Waals surface area contributed by atoms with Crippen molar-refractivity contribution in [3.05, 3.63) is 94.8 Å². The van der Waals surface area contributed by atoms with Gasteiger partial charge in [-0.15, -0.1) is 0 Å². The molecule has 10 nitrogen and oxygen atoms in total. The average Bonchev–Trinajstić information content (AvgIpc) is 3.44. The lowest BCUT2D eigenvalue weighted by molar-refractivity contribution is -0.384. The molecule has 0 aliphatic rings. The van der Waals surface area contributed by atoms with Crippen molar-refractivity contribution in [3.63, 3.8) is 0 Å². The van der Waals surface area contributed by atoms with Crippen LogP contribution in [0.3, 0.4) is 0 Å². The Labute approximate surface area is 164 Å². The molecule has 1 amide bonds. The maximum absolute atomic E-state index is 12.5. The minimum atomic E-state index is -0.558. The summed E-state index contributed by atoms with van der Waals surface area (Å²) in [5.41, 5.74) is 1.88. The number of nitrogens with zero attached hydrogens (tertiary/aromatic N) is 6. The summed E-state index contributed by atoms with van der Waals surface area (Å²) in [6.07, 6.45) is 6.10. The van der Waals surface area contributed by atoms with Crippen molar-refractivity contribution in [1.82, 2.24) is 29.9 Å². The number of nitrogens with one attached hydrogen (secondary N) is 1. The zero-order valence-corrected chi connectivity index (χ0v) is 15.0. The van der Waals surface area contributed by atoms with E-state index in [1.54, 1.807) is 10.9 Å². The molecule has 10 heteroatoms.